The van der Waals surface area contributed by atoms with E-state index in [0.29, 0.717) is 51.4 Å². The Morgan fingerprint density at radius 3 is 1.16 bits per heavy atom. The number of hydrogen-bond donors (Lipinski definition) is 8. The highest BCUT2D eigenvalue weighted by atomic mass is 16.4. The summed E-state index contributed by atoms with van der Waals surface area (Å²) < 4.78 is 0. The van der Waals surface area contributed by atoms with Gasteiger partial charge in [0.05, 0.1) is 26.2 Å². The van der Waals surface area contributed by atoms with Gasteiger partial charge in [-0.15, -0.1) is 0 Å². The van der Waals surface area contributed by atoms with Gasteiger partial charge in [0, 0.05) is 50.1 Å². The average molecular weight is 783 g/mol. The minimum atomic E-state index is -1.17. The van der Waals surface area contributed by atoms with Crippen LogP contribution in [0.1, 0.15) is 51.4 Å². The van der Waals surface area contributed by atoms with Crippen molar-refractivity contribution in [3.05, 3.63) is 36.4 Å². The molecular formula is C38H50N6O12. The Morgan fingerprint density at radius 1 is 0.536 bits per heavy atom. The van der Waals surface area contributed by atoms with Gasteiger partial charge < -0.3 is 51.1 Å². The number of hydrogen-bond acceptors (Lipinski definition) is 12. The maximum Gasteiger partial charge on any atom is 0.317 e. The SMILES string of the molecule is O=C(O)CN(CC(=O)N1CCC(C(=O)Nc2c(O)cccc2O)CC1)C1CCCCC1N(CC(=O)O)CC(=O)N1CCC(C(=O)Nc2c(O)cccc2O)CC1. The maximum absolute atomic E-state index is 13.6. The van der Waals surface area contributed by atoms with E-state index in [1.165, 1.54) is 36.4 Å². The molecule has 0 aromatic heterocycles. The molecule has 1 aliphatic carbocycles. The number of phenolic OH excluding ortho intramolecular Hbond substituents is 4. The number of phenols is 4. The first-order valence-electron chi connectivity index (χ1n) is 18.8. The summed E-state index contributed by atoms with van der Waals surface area (Å²) in [4.78, 5) is 83.5. The zero-order valence-corrected chi connectivity index (χ0v) is 31.0. The molecule has 2 unspecified atom stereocenters. The Hall–Kier alpha value is -5.62. The van der Waals surface area contributed by atoms with Gasteiger partial charge in [0.2, 0.25) is 23.6 Å². The summed E-state index contributed by atoms with van der Waals surface area (Å²) >= 11 is 0. The Balaban J connectivity index is 1.19. The Bertz CT molecular complexity index is 1610. The predicted octanol–water partition coefficient (Wildman–Crippen LogP) is 1.65. The van der Waals surface area contributed by atoms with Crippen LogP contribution in [0.4, 0.5) is 11.4 Å². The fraction of sp³-hybridized carbons (Fsp3) is 0.526. The number of piperidine rings is 2. The van der Waals surface area contributed by atoms with E-state index >= 15 is 0 Å². The number of carbonyl (C=O) groups is 6. The molecule has 4 amide bonds. The van der Waals surface area contributed by atoms with Gasteiger partial charge in [-0.05, 0) is 62.8 Å². The first kappa shape index (κ1) is 41.5. The van der Waals surface area contributed by atoms with Gasteiger partial charge in [-0.2, -0.15) is 0 Å². The molecule has 5 rings (SSSR count). The van der Waals surface area contributed by atoms with Crippen molar-refractivity contribution in [2.75, 3.05) is 63.0 Å². The number of carboxylic acid groups (broad SMARTS) is 2. The molecule has 3 fully saturated rings. The average Bonchev–Trinajstić information content (AvgIpc) is 3.17. The minimum Gasteiger partial charge on any atom is -0.506 e. The number of amides is 4. The number of carboxylic acids is 2. The van der Waals surface area contributed by atoms with Gasteiger partial charge in [-0.1, -0.05) is 25.0 Å². The van der Waals surface area contributed by atoms with E-state index < -0.39 is 60.8 Å². The lowest BCUT2D eigenvalue weighted by Crippen LogP contribution is -2.59. The second-order valence-corrected chi connectivity index (χ2v) is 14.6. The van der Waals surface area contributed by atoms with Crippen LogP contribution in [0, 0.1) is 11.8 Å². The number of aromatic hydroxyl groups is 4. The Morgan fingerprint density at radius 2 is 0.857 bits per heavy atom. The molecule has 0 spiro atoms. The summed E-state index contributed by atoms with van der Waals surface area (Å²) in [5, 5.41) is 65.0. The molecule has 3 aliphatic rings. The molecular weight excluding hydrogens is 732 g/mol. The molecule has 18 heteroatoms. The van der Waals surface area contributed by atoms with E-state index in [2.05, 4.69) is 10.6 Å². The van der Waals surface area contributed by atoms with E-state index in [1.54, 1.807) is 19.6 Å². The maximum atomic E-state index is 13.6. The fourth-order valence-corrected chi connectivity index (χ4v) is 7.96. The minimum absolute atomic E-state index is 0.0979. The monoisotopic (exact) mass is 782 g/mol. The smallest absolute Gasteiger partial charge is 0.317 e. The highest BCUT2D eigenvalue weighted by molar-refractivity contribution is 5.96. The van der Waals surface area contributed by atoms with Crippen molar-refractivity contribution in [1.29, 1.82) is 0 Å². The van der Waals surface area contributed by atoms with Gasteiger partial charge in [-0.25, -0.2) is 0 Å². The number of aliphatic carboxylic acids is 2. The molecule has 56 heavy (non-hydrogen) atoms. The summed E-state index contributed by atoms with van der Waals surface area (Å²) in [7, 11) is 0. The third-order valence-electron chi connectivity index (χ3n) is 11.0. The van der Waals surface area contributed by atoms with Crippen molar-refractivity contribution in [3.8, 4) is 23.0 Å². The molecule has 0 bridgehead atoms. The number of anilines is 2. The summed E-state index contributed by atoms with van der Waals surface area (Å²) in [5.74, 6) is -6.01. The summed E-state index contributed by atoms with van der Waals surface area (Å²) in [6.45, 7) is -0.640. The van der Waals surface area contributed by atoms with Crippen molar-refractivity contribution in [1.82, 2.24) is 19.6 Å². The molecule has 2 atom stereocenters. The number of para-hydroxylation sites is 2. The second kappa shape index (κ2) is 18.8. The van der Waals surface area contributed by atoms with Crippen molar-refractivity contribution in [2.45, 2.75) is 63.5 Å². The van der Waals surface area contributed by atoms with E-state index in [9.17, 15) is 59.4 Å². The fourth-order valence-electron chi connectivity index (χ4n) is 7.96. The molecule has 2 saturated heterocycles. The van der Waals surface area contributed by atoms with Crippen LogP contribution in [0.5, 0.6) is 23.0 Å². The van der Waals surface area contributed by atoms with Gasteiger partial charge in [-0.3, -0.25) is 38.6 Å². The summed E-state index contributed by atoms with van der Waals surface area (Å²) in [5.41, 5.74) is -0.196. The van der Waals surface area contributed by atoms with E-state index in [1.807, 2.05) is 0 Å². The van der Waals surface area contributed by atoms with Gasteiger partial charge >= 0.3 is 11.9 Å². The third kappa shape index (κ3) is 10.6. The number of carbonyl (C=O) groups excluding carboxylic acids is 4. The Labute approximate surface area is 323 Å². The number of benzene rings is 2. The molecule has 2 heterocycles. The Kier molecular flexibility index (Phi) is 14.0. The van der Waals surface area contributed by atoms with Gasteiger partial charge in [0.1, 0.15) is 34.4 Å². The summed E-state index contributed by atoms with van der Waals surface area (Å²) in [6, 6.07) is 7.09. The van der Waals surface area contributed by atoms with Crippen LogP contribution in [-0.4, -0.2) is 150 Å². The second-order valence-electron chi connectivity index (χ2n) is 14.6. The topological polar surface area (TPSA) is 261 Å². The molecule has 1 saturated carbocycles. The molecule has 18 nitrogen and oxygen atoms in total. The van der Waals surface area contributed by atoms with Crippen LogP contribution >= 0.6 is 0 Å². The van der Waals surface area contributed by atoms with Crippen LogP contribution < -0.4 is 10.6 Å². The van der Waals surface area contributed by atoms with Crippen molar-refractivity contribution < 1.29 is 59.4 Å². The number of nitrogens with one attached hydrogen (secondary N) is 2. The number of likely N-dealkylation sites (tertiary alicyclic amines) is 2. The van der Waals surface area contributed by atoms with Crippen molar-refractivity contribution in [3.63, 3.8) is 0 Å². The molecule has 2 aromatic carbocycles. The first-order valence-corrected chi connectivity index (χ1v) is 18.8. The molecule has 304 valence electrons. The van der Waals surface area contributed by atoms with Crippen LogP contribution in [0.3, 0.4) is 0 Å². The van der Waals surface area contributed by atoms with Gasteiger partial charge in [0.15, 0.2) is 0 Å². The standard InChI is InChI=1S/C38H50N6O12/c45-27-7-3-8-28(46)35(27)39-37(55)23-11-15-41(16-12-23)31(49)19-43(21-33(51)52)25-5-1-2-6-26(25)44(22-34(53)54)20-32(50)42-17-13-24(14-18-42)38(56)40-36-29(47)9-4-10-30(36)48/h3-4,7-10,23-26,45-48H,1-2,5-6,11-22H2,(H,39,55)(H,40,56)(H,51,52)(H,53,54). The quantitative estimate of drug-likeness (QED) is 0.127. The number of rotatable bonds is 14. The molecule has 0 radical (unpaired) electrons. The normalized spacial score (nSPS) is 19.5. The van der Waals surface area contributed by atoms with Crippen LogP contribution in [0.25, 0.3) is 0 Å². The van der Waals surface area contributed by atoms with Crippen LogP contribution in [0.2, 0.25) is 0 Å². The van der Waals surface area contributed by atoms with E-state index in [0.717, 1.165) is 0 Å². The summed E-state index contributed by atoms with van der Waals surface area (Å²) in [6.07, 6.45) is 3.57. The van der Waals surface area contributed by atoms with E-state index in [4.69, 9.17) is 0 Å². The van der Waals surface area contributed by atoms with Crippen LogP contribution in [0.15, 0.2) is 36.4 Å². The largest absolute Gasteiger partial charge is 0.506 e. The first-order chi connectivity index (χ1) is 26.7. The zero-order chi connectivity index (χ0) is 40.5. The lowest BCUT2D eigenvalue weighted by Gasteiger charge is -2.45. The van der Waals surface area contributed by atoms with Crippen molar-refractivity contribution >= 4 is 46.9 Å². The van der Waals surface area contributed by atoms with Crippen LogP contribution in [-0.2, 0) is 28.8 Å². The highest BCUT2D eigenvalue weighted by Gasteiger charge is 2.39. The molecule has 2 aromatic rings. The predicted molar refractivity (Wildman–Crippen MR) is 200 cm³/mol. The van der Waals surface area contributed by atoms with Crippen molar-refractivity contribution in [2.24, 2.45) is 11.8 Å². The van der Waals surface area contributed by atoms with E-state index in [-0.39, 0.29) is 85.5 Å². The highest BCUT2D eigenvalue weighted by Crippen LogP contribution is 2.35. The third-order valence-corrected chi connectivity index (χ3v) is 11.0. The lowest BCUT2D eigenvalue weighted by molar-refractivity contribution is -0.147. The molecule has 8 N–H and O–H groups in total. The zero-order valence-electron chi connectivity index (χ0n) is 31.0. The lowest BCUT2D eigenvalue weighted by atomic mass is 9.87. The van der Waals surface area contributed by atoms with Gasteiger partial charge in [0.25, 0.3) is 0 Å². The number of nitrogens with zero attached hydrogens (tertiary/aromatic N) is 4. The molecule has 2 aliphatic heterocycles.